The van der Waals surface area contributed by atoms with Gasteiger partial charge in [0, 0.05) is 13.0 Å². The predicted octanol–water partition coefficient (Wildman–Crippen LogP) is 3.59. The third-order valence-corrected chi connectivity index (χ3v) is 5.96. The van der Waals surface area contributed by atoms with Gasteiger partial charge in [-0.15, -0.1) is 0 Å². The first kappa shape index (κ1) is 20.4. The van der Waals surface area contributed by atoms with Crippen LogP contribution in [0.15, 0.2) is 59.0 Å². The highest BCUT2D eigenvalue weighted by molar-refractivity contribution is 7.89. The average Bonchev–Trinajstić information content (AvgIpc) is 3.11. The minimum atomic E-state index is -3.45. The number of rotatable bonds is 10. The second kappa shape index (κ2) is 10.3. The van der Waals surface area contributed by atoms with Gasteiger partial charge < -0.3 is 4.74 Å². The largest absolute Gasteiger partial charge is 0.469 e. The van der Waals surface area contributed by atoms with Crippen LogP contribution < -0.4 is 4.72 Å². The van der Waals surface area contributed by atoms with E-state index in [4.69, 9.17) is 0 Å². The summed E-state index contributed by atoms with van der Waals surface area (Å²) < 4.78 is 32.0. The van der Waals surface area contributed by atoms with E-state index in [2.05, 4.69) is 27.7 Å². The van der Waals surface area contributed by atoms with E-state index < -0.39 is 10.0 Å². The highest BCUT2D eigenvalue weighted by atomic mass is 32.2. The number of nitrogens with one attached hydrogen (secondary N) is 1. The van der Waals surface area contributed by atoms with E-state index in [9.17, 15) is 13.2 Å². The lowest BCUT2D eigenvalue weighted by Crippen LogP contribution is -2.29. The van der Waals surface area contributed by atoms with Gasteiger partial charge in [-0.1, -0.05) is 42.0 Å². The number of ether oxygens (including phenoxy) is 1. The summed E-state index contributed by atoms with van der Waals surface area (Å²) in [5, 5.41) is 0. The number of hydrogen-bond donors (Lipinski definition) is 1. The maximum absolute atomic E-state index is 12.3. The van der Waals surface area contributed by atoms with Crippen molar-refractivity contribution in [2.75, 3.05) is 13.7 Å². The average molecular weight is 378 g/mol. The summed E-state index contributed by atoms with van der Waals surface area (Å²) in [6.07, 6.45) is 11.2. The number of methoxy groups -OCH3 is 1. The zero-order valence-electron chi connectivity index (χ0n) is 15.2. The molecule has 1 aliphatic rings. The molecule has 6 heteroatoms. The van der Waals surface area contributed by atoms with Gasteiger partial charge in [-0.05, 0) is 50.2 Å². The fraction of sp³-hybridized carbons (Fsp3) is 0.450. The number of allylic oxidation sites excluding steroid dienone is 3. The van der Waals surface area contributed by atoms with Crippen LogP contribution in [-0.4, -0.2) is 28.0 Å². The van der Waals surface area contributed by atoms with Crippen LogP contribution in [-0.2, 0) is 19.6 Å². The van der Waals surface area contributed by atoms with Crippen LogP contribution in [0.3, 0.4) is 0 Å². The number of sulfonamides is 1. The SMILES string of the molecule is COC(=O)CCC/C=C\CC1=CCC[C@@H]1CNS(=O)(=O)c1ccccc1. The number of esters is 1. The van der Waals surface area contributed by atoms with E-state index in [-0.39, 0.29) is 11.9 Å². The monoisotopic (exact) mass is 377 g/mol. The van der Waals surface area contributed by atoms with Gasteiger partial charge in [-0.3, -0.25) is 4.79 Å². The van der Waals surface area contributed by atoms with Gasteiger partial charge in [-0.2, -0.15) is 0 Å². The predicted molar refractivity (Wildman–Crippen MR) is 102 cm³/mol. The molecule has 0 aliphatic heterocycles. The fourth-order valence-electron chi connectivity index (χ4n) is 3.00. The molecule has 1 atom stereocenters. The summed E-state index contributed by atoms with van der Waals surface area (Å²) in [7, 11) is -2.05. The second-order valence-electron chi connectivity index (χ2n) is 6.36. The molecule has 0 unspecified atom stereocenters. The van der Waals surface area contributed by atoms with Gasteiger partial charge in [0.2, 0.25) is 10.0 Å². The van der Waals surface area contributed by atoms with Crippen molar-refractivity contribution >= 4 is 16.0 Å². The molecular weight excluding hydrogens is 350 g/mol. The minimum Gasteiger partial charge on any atom is -0.469 e. The van der Waals surface area contributed by atoms with Gasteiger partial charge in [0.1, 0.15) is 0 Å². The number of unbranched alkanes of at least 4 members (excludes halogenated alkanes) is 1. The molecule has 0 saturated heterocycles. The summed E-state index contributed by atoms with van der Waals surface area (Å²) in [6.45, 7) is 0.430. The van der Waals surface area contributed by atoms with Gasteiger partial charge >= 0.3 is 5.97 Å². The smallest absolute Gasteiger partial charge is 0.305 e. The highest BCUT2D eigenvalue weighted by Gasteiger charge is 2.21. The molecule has 0 radical (unpaired) electrons. The Bertz CT molecular complexity index is 738. The van der Waals surface area contributed by atoms with Gasteiger partial charge in [0.05, 0.1) is 12.0 Å². The molecule has 0 heterocycles. The van der Waals surface area contributed by atoms with Crippen LogP contribution in [0.5, 0.6) is 0 Å². The Morgan fingerprint density at radius 1 is 1.27 bits per heavy atom. The van der Waals surface area contributed by atoms with Crippen LogP contribution in [0.25, 0.3) is 0 Å². The molecule has 2 rings (SSSR count). The highest BCUT2D eigenvalue weighted by Crippen LogP contribution is 2.28. The number of carbonyl (C=O) groups excluding carboxylic acids is 1. The lowest BCUT2D eigenvalue weighted by Gasteiger charge is -2.15. The third kappa shape index (κ3) is 6.42. The van der Waals surface area contributed by atoms with Crippen LogP contribution in [0.1, 0.15) is 38.5 Å². The van der Waals surface area contributed by atoms with E-state index in [1.807, 2.05) is 0 Å². The molecule has 0 aromatic heterocycles. The first-order valence-electron chi connectivity index (χ1n) is 8.98. The van der Waals surface area contributed by atoms with E-state index in [1.54, 1.807) is 30.3 Å². The molecule has 1 aliphatic carbocycles. The van der Waals surface area contributed by atoms with Crippen LogP contribution >= 0.6 is 0 Å². The molecule has 1 N–H and O–H groups in total. The third-order valence-electron chi connectivity index (χ3n) is 4.52. The number of carbonyl (C=O) groups is 1. The molecule has 0 fully saturated rings. The van der Waals surface area contributed by atoms with E-state index >= 15 is 0 Å². The van der Waals surface area contributed by atoms with E-state index in [0.29, 0.717) is 17.9 Å². The molecule has 1 aromatic rings. The van der Waals surface area contributed by atoms with E-state index in [1.165, 1.54) is 12.7 Å². The summed E-state index contributed by atoms with van der Waals surface area (Å²) in [6, 6.07) is 8.45. The quantitative estimate of drug-likeness (QED) is 0.384. The lowest BCUT2D eigenvalue weighted by molar-refractivity contribution is -0.140. The minimum absolute atomic E-state index is 0.178. The van der Waals surface area contributed by atoms with Gasteiger partial charge in [-0.25, -0.2) is 13.1 Å². The summed E-state index contributed by atoms with van der Waals surface area (Å²) in [4.78, 5) is 11.3. The molecule has 1 aromatic carbocycles. The molecular formula is C20H27NO4S. The molecule has 0 amide bonds. The van der Waals surface area contributed by atoms with Crippen LogP contribution in [0.4, 0.5) is 0 Å². The standard InChI is InChI=1S/C20H27NO4S/c1-25-20(22)15-8-3-2-5-10-17-11-9-12-18(17)16-21-26(23,24)19-13-6-4-7-14-19/h2,4-7,11,13-14,18,21H,3,8-10,12,15-16H2,1H3/b5-2-/t18-/m1/s1. The zero-order valence-corrected chi connectivity index (χ0v) is 16.0. The van der Waals surface area contributed by atoms with Crippen molar-refractivity contribution < 1.29 is 17.9 Å². The first-order valence-corrected chi connectivity index (χ1v) is 10.5. The Hall–Kier alpha value is -1.92. The Labute approximate surface area is 156 Å². The normalized spacial score (nSPS) is 17.4. The molecule has 26 heavy (non-hydrogen) atoms. The van der Waals surface area contributed by atoms with Crippen molar-refractivity contribution in [1.82, 2.24) is 4.72 Å². The van der Waals surface area contributed by atoms with Crippen molar-refractivity contribution in [1.29, 1.82) is 0 Å². The summed E-state index contributed by atoms with van der Waals surface area (Å²) >= 11 is 0. The fourth-order valence-corrected chi connectivity index (χ4v) is 4.10. The van der Waals surface area contributed by atoms with Crippen LogP contribution in [0.2, 0.25) is 0 Å². The van der Waals surface area contributed by atoms with Gasteiger partial charge in [0.15, 0.2) is 0 Å². The topological polar surface area (TPSA) is 72.5 Å². The van der Waals surface area contributed by atoms with Gasteiger partial charge in [0.25, 0.3) is 0 Å². The number of hydrogen-bond acceptors (Lipinski definition) is 4. The Balaban J connectivity index is 1.76. The maximum atomic E-state index is 12.3. The molecule has 142 valence electrons. The molecule has 5 nitrogen and oxygen atoms in total. The molecule has 0 bridgehead atoms. The Morgan fingerprint density at radius 2 is 2.04 bits per heavy atom. The van der Waals surface area contributed by atoms with Crippen molar-refractivity contribution in [2.24, 2.45) is 5.92 Å². The van der Waals surface area contributed by atoms with Crippen molar-refractivity contribution in [2.45, 2.75) is 43.4 Å². The first-order chi connectivity index (χ1) is 12.5. The van der Waals surface area contributed by atoms with Crippen LogP contribution in [0, 0.1) is 5.92 Å². The van der Waals surface area contributed by atoms with Crippen molar-refractivity contribution in [3.8, 4) is 0 Å². The van der Waals surface area contributed by atoms with E-state index in [0.717, 1.165) is 32.1 Å². The Morgan fingerprint density at radius 3 is 2.77 bits per heavy atom. The molecule has 0 saturated carbocycles. The summed E-state index contributed by atoms with van der Waals surface area (Å²) in [5.41, 5.74) is 1.28. The Kier molecular flexibility index (Phi) is 8.06. The second-order valence-corrected chi connectivity index (χ2v) is 8.13. The van der Waals surface area contributed by atoms with Crippen molar-refractivity contribution in [3.63, 3.8) is 0 Å². The molecule has 0 spiro atoms. The lowest BCUT2D eigenvalue weighted by atomic mass is 9.99. The maximum Gasteiger partial charge on any atom is 0.305 e. The number of benzene rings is 1. The zero-order chi connectivity index (χ0) is 18.8. The summed E-state index contributed by atoms with van der Waals surface area (Å²) in [5.74, 6) is 0.0656. The van der Waals surface area contributed by atoms with Crippen molar-refractivity contribution in [3.05, 3.63) is 54.1 Å².